The average Bonchev–Trinajstić information content (AvgIpc) is 3.10. The van der Waals surface area contributed by atoms with E-state index in [9.17, 15) is 4.79 Å². The molecule has 0 fully saturated rings. The second-order valence-electron chi connectivity index (χ2n) is 4.98. The second-order valence-corrected chi connectivity index (χ2v) is 6.10. The predicted octanol–water partition coefficient (Wildman–Crippen LogP) is 4.13. The van der Waals surface area contributed by atoms with Crippen molar-refractivity contribution in [1.29, 1.82) is 0 Å². The van der Waals surface area contributed by atoms with E-state index in [1.807, 2.05) is 12.2 Å². The fourth-order valence-corrected chi connectivity index (χ4v) is 3.14. The molecule has 0 saturated heterocycles. The summed E-state index contributed by atoms with van der Waals surface area (Å²) in [7, 11) is 0. The highest BCUT2D eigenvalue weighted by Gasteiger charge is 2.22. The van der Waals surface area contributed by atoms with E-state index in [4.69, 9.17) is 19.4 Å². The van der Waals surface area contributed by atoms with E-state index < -0.39 is 12.1 Å². The van der Waals surface area contributed by atoms with Crippen molar-refractivity contribution in [3.05, 3.63) is 70.2 Å². The van der Waals surface area contributed by atoms with E-state index in [2.05, 4.69) is 11.2 Å². The number of carboxylic acids is 1. The van der Waals surface area contributed by atoms with E-state index in [1.165, 1.54) is 36.3 Å². The van der Waals surface area contributed by atoms with Crippen LogP contribution in [0.25, 0.3) is 0 Å². The Balaban J connectivity index is 1.77. The Bertz CT molecular complexity index is 757. The molecule has 24 heavy (non-hydrogen) atoms. The smallest absolute Gasteiger partial charge is 0.345 e. The van der Waals surface area contributed by atoms with E-state index in [0.29, 0.717) is 5.76 Å². The van der Waals surface area contributed by atoms with Crippen molar-refractivity contribution in [3.8, 4) is 0 Å². The topological polar surface area (TPSA) is 77.4 Å². The molecule has 1 aliphatic carbocycles. The van der Waals surface area contributed by atoms with Crippen LogP contribution >= 0.6 is 11.3 Å². The quantitative estimate of drug-likeness (QED) is 0.620. The molecule has 1 unspecified atom stereocenters. The Morgan fingerprint density at radius 1 is 1.42 bits per heavy atom. The Labute approximate surface area is 142 Å². The monoisotopic (exact) mass is 345 g/mol. The number of carboxylic acid groups (broad SMARTS) is 1. The van der Waals surface area contributed by atoms with Crippen LogP contribution in [-0.4, -0.2) is 17.3 Å². The van der Waals surface area contributed by atoms with Crippen LogP contribution in [0.15, 0.2) is 65.6 Å². The Morgan fingerprint density at radius 3 is 3.00 bits per heavy atom. The summed E-state index contributed by atoms with van der Waals surface area (Å²) in [5, 5.41) is 13.1. The zero-order chi connectivity index (χ0) is 16.8. The Morgan fingerprint density at radius 2 is 2.33 bits per heavy atom. The van der Waals surface area contributed by atoms with Crippen LogP contribution < -0.4 is 0 Å². The second kappa shape index (κ2) is 7.65. The number of allylic oxidation sites excluding steroid dienone is 4. The van der Waals surface area contributed by atoms with Crippen LogP contribution in [0.2, 0.25) is 0 Å². The van der Waals surface area contributed by atoms with Crippen LogP contribution in [-0.2, 0) is 14.3 Å². The normalized spacial score (nSPS) is 17.7. The van der Waals surface area contributed by atoms with Crippen molar-refractivity contribution in [1.82, 2.24) is 0 Å². The largest absolute Gasteiger partial charge is 0.477 e. The molecule has 6 nitrogen and oxygen atoms in total. The molecule has 7 heteroatoms. The minimum Gasteiger partial charge on any atom is -0.477 e. The van der Waals surface area contributed by atoms with Gasteiger partial charge in [0, 0.05) is 0 Å². The molecule has 1 atom stereocenters. The van der Waals surface area contributed by atoms with Crippen LogP contribution in [0.1, 0.15) is 33.5 Å². The molecule has 0 aromatic carbocycles. The van der Waals surface area contributed by atoms with Crippen molar-refractivity contribution < 1.29 is 24.2 Å². The van der Waals surface area contributed by atoms with Crippen LogP contribution in [0, 0.1) is 0 Å². The van der Waals surface area contributed by atoms with Gasteiger partial charge in [-0.1, -0.05) is 23.4 Å². The molecule has 124 valence electrons. The maximum Gasteiger partial charge on any atom is 0.345 e. The zero-order valence-corrected chi connectivity index (χ0v) is 13.4. The molecule has 1 aliphatic heterocycles. The first-order chi connectivity index (χ1) is 11.7. The summed E-state index contributed by atoms with van der Waals surface area (Å²) in [5.74, 6) is -0.540. The van der Waals surface area contributed by atoms with Gasteiger partial charge in [-0.25, -0.2) is 4.79 Å². The summed E-state index contributed by atoms with van der Waals surface area (Å²) in [6.07, 6.45) is 12.9. The number of rotatable bonds is 6. The van der Waals surface area contributed by atoms with Crippen LogP contribution in [0.3, 0.4) is 0 Å². The SMILES string of the molecule is O=C(O)c1ccc(C(ON=CC2=COC=CO2)C2=CC=CCC2)s1. The van der Waals surface area contributed by atoms with Gasteiger partial charge in [0.05, 0.1) is 4.88 Å². The number of thiophene rings is 1. The molecule has 1 aromatic rings. The fraction of sp³-hybridized carbons (Fsp3) is 0.176. The van der Waals surface area contributed by atoms with E-state index in [1.54, 1.807) is 12.1 Å². The molecule has 0 spiro atoms. The predicted molar refractivity (Wildman–Crippen MR) is 89.4 cm³/mol. The molecular weight excluding hydrogens is 330 g/mol. The molecule has 3 rings (SSSR count). The summed E-state index contributed by atoms with van der Waals surface area (Å²) in [4.78, 5) is 17.8. The number of nitrogens with zero attached hydrogens (tertiary/aromatic N) is 1. The molecule has 2 aliphatic rings. The lowest BCUT2D eigenvalue weighted by atomic mass is 9.99. The number of hydrogen-bond donors (Lipinski definition) is 1. The lowest BCUT2D eigenvalue weighted by molar-refractivity contribution is 0.0702. The third-order valence-electron chi connectivity index (χ3n) is 3.35. The maximum atomic E-state index is 11.1. The van der Waals surface area contributed by atoms with Crippen molar-refractivity contribution in [2.24, 2.45) is 5.16 Å². The fourth-order valence-electron chi connectivity index (χ4n) is 2.23. The van der Waals surface area contributed by atoms with Gasteiger partial charge in [0.1, 0.15) is 29.9 Å². The summed E-state index contributed by atoms with van der Waals surface area (Å²) in [6.45, 7) is 0. The third kappa shape index (κ3) is 3.94. The minimum absolute atomic E-state index is 0.270. The molecule has 0 radical (unpaired) electrons. The van der Waals surface area contributed by atoms with Gasteiger partial charge in [0.2, 0.25) is 0 Å². The van der Waals surface area contributed by atoms with Gasteiger partial charge in [-0.15, -0.1) is 11.3 Å². The molecule has 1 N–H and O–H groups in total. The molecular formula is C17H15NO5S. The van der Waals surface area contributed by atoms with Gasteiger partial charge >= 0.3 is 5.97 Å². The van der Waals surface area contributed by atoms with Crippen molar-refractivity contribution in [3.63, 3.8) is 0 Å². The number of carbonyl (C=O) groups is 1. The van der Waals surface area contributed by atoms with Crippen LogP contribution in [0.4, 0.5) is 0 Å². The highest BCUT2D eigenvalue weighted by atomic mass is 32.1. The third-order valence-corrected chi connectivity index (χ3v) is 4.46. The number of oxime groups is 1. The van der Waals surface area contributed by atoms with Gasteiger partial charge in [-0.05, 0) is 30.5 Å². The molecule has 0 bridgehead atoms. The van der Waals surface area contributed by atoms with E-state index >= 15 is 0 Å². The van der Waals surface area contributed by atoms with E-state index in [-0.39, 0.29) is 4.88 Å². The molecule has 0 amide bonds. The van der Waals surface area contributed by atoms with Crippen molar-refractivity contribution in [2.45, 2.75) is 18.9 Å². The number of hydrogen-bond acceptors (Lipinski definition) is 6. The molecule has 0 saturated carbocycles. The number of aromatic carboxylic acids is 1. The Kier molecular flexibility index (Phi) is 5.12. The van der Waals surface area contributed by atoms with Gasteiger partial charge < -0.3 is 19.4 Å². The van der Waals surface area contributed by atoms with Gasteiger partial charge in [0.25, 0.3) is 0 Å². The van der Waals surface area contributed by atoms with Gasteiger partial charge in [-0.3, -0.25) is 0 Å². The minimum atomic E-state index is -0.948. The lowest BCUT2D eigenvalue weighted by Gasteiger charge is -2.18. The molecule has 2 heterocycles. The highest BCUT2D eigenvalue weighted by Crippen LogP contribution is 2.35. The zero-order valence-electron chi connectivity index (χ0n) is 12.6. The maximum absolute atomic E-state index is 11.1. The van der Waals surface area contributed by atoms with Crippen LogP contribution in [0.5, 0.6) is 0 Å². The summed E-state index contributed by atoms with van der Waals surface area (Å²) in [6, 6.07) is 3.34. The Hall–Kier alpha value is -2.80. The number of ether oxygens (including phenoxy) is 2. The highest BCUT2D eigenvalue weighted by molar-refractivity contribution is 7.14. The first-order valence-corrected chi connectivity index (χ1v) is 8.11. The van der Waals surface area contributed by atoms with Gasteiger partial charge in [0.15, 0.2) is 11.9 Å². The van der Waals surface area contributed by atoms with Crippen molar-refractivity contribution >= 4 is 23.5 Å². The first kappa shape index (κ1) is 16.1. The summed E-state index contributed by atoms with van der Waals surface area (Å²) >= 11 is 1.18. The van der Waals surface area contributed by atoms with E-state index in [0.717, 1.165) is 23.3 Å². The van der Waals surface area contributed by atoms with Crippen molar-refractivity contribution in [2.75, 3.05) is 0 Å². The average molecular weight is 345 g/mol. The molecule has 1 aromatic heterocycles. The lowest BCUT2D eigenvalue weighted by Crippen LogP contribution is -2.05. The summed E-state index contributed by atoms with van der Waals surface area (Å²) < 4.78 is 10.1. The summed E-state index contributed by atoms with van der Waals surface area (Å²) in [5.41, 5.74) is 1.04. The standard InChI is InChI=1S/C17H15NO5S/c19-17(20)15-7-6-14(24-15)16(12-4-2-1-3-5-12)23-18-10-13-11-21-8-9-22-13/h1-2,4,6-11,16H,3,5H2,(H,19,20). The first-order valence-electron chi connectivity index (χ1n) is 7.29. The van der Waals surface area contributed by atoms with Gasteiger partial charge in [-0.2, -0.15) is 0 Å².